The van der Waals surface area contributed by atoms with E-state index in [-0.39, 0.29) is 12.0 Å². The molecule has 2 aromatic rings. The van der Waals surface area contributed by atoms with E-state index in [4.69, 9.17) is 9.47 Å². The highest BCUT2D eigenvalue weighted by Gasteiger charge is 2.26. The van der Waals surface area contributed by atoms with Gasteiger partial charge in [0.15, 0.2) is 0 Å². The predicted molar refractivity (Wildman–Crippen MR) is 93.9 cm³/mol. The Morgan fingerprint density at radius 2 is 2.00 bits per heavy atom. The van der Waals surface area contributed by atoms with Gasteiger partial charge in [-0.2, -0.15) is 5.10 Å². The first kappa shape index (κ1) is 17.2. The average Bonchev–Trinajstić information content (AvgIpc) is 2.64. The summed E-state index contributed by atoms with van der Waals surface area (Å²) >= 11 is 0. The van der Waals surface area contributed by atoms with Crippen molar-refractivity contribution in [1.29, 1.82) is 0 Å². The van der Waals surface area contributed by atoms with Gasteiger partial charge < -0.3 is 14.4 Å². The van der Waals surface area contributed by atoms with Crippen LogP contribution in [0.2, 0.25) is 0 Å². The number of hydrogen-bond acceptors (Lipinski definition) is 5. The van der Waals surface area contributed by atoms with Crippen LogP contribution in [0.5, 0.6) is 11.6 Å². The molecule has 0 radical (unpaired) electrons. The third-order valence-corrected chi connectivity index (χ3v) is 4.14. The van der Waals surface area contributed by atoms with Crippen LogP contribution in [0.3, 0.4) is 0 Å². The van der Waals surface area contributed by atoms with Gasteiger partial charge in [0.25, 0.3) is 5.91 Å². The molecule has 1 aliphatic heterocycles. The Bertz CT molecular complexity index is 701. The molecule has 1 fully saturated rings. The fraction of sp³-hybridized carbons (Fsp3) is 0.421. The Balaban J connectivity index is 1.61. The van der Waals surface area contributed by atoms with Crippen molar-refractivity contribution in [2.45, 2.75) is 32.8 Å². The second-order valence-corrected chi connectivity index (χ2v) is 6.10. The van der Waals surface area contributed by atoms with Gasteiger partial charge in [-0.3, -0.25) is 4.79 Å². The molecule has 6 nitrogen and oxygen atoms in total. The van der Waals surface area contributed by atoms with Crippen LogP contribution >= 0.6 is 0 Å². The molecule has 0 bridgehead atoms. The van der Waals surface area contributed by atoms with Crippen LogP contribution in [0.15, 0.2) is 36.4 Å². The molecular weight excluding hydrogens is 318 g/mol. The lowest BCUT2D eigenvalue weighted by molar-refractivity contribution is 0.0525. The van der Waals surface area contributed by atoms with Gasteiger partial charge >= 0.3 is 0 Å². The van der Waals surface area contributed by atoms with E-state index in [9.17, 15) is 4.79 Å². The number of aryl methyl sites for hydroxylation is 1. The molecule has 1 saturated heterocycles. The van der Waals surface area contributed by atoms with E-state index in [1.165, 1.54) is 0 Å². The highest BCUT2D eigenvalue weighted by atomic mass is 16.5. The molecule has 3 rings (SSSR count). The molecule has 0 N–H and O–H groups in total. The summed E-state index contributed by atoms with van der Waals surface area (Å²) in [5.41, 5.74) is 1.52. The number of carbonyl (C=O) groups is 1. The van der Waals surface area contributed by atoms with Crippen LogP contribution in [-0.4, -0.2) is 46.8 Å². The minimum Gasteiger partial charge on any atom is -0.494 e. The Hall–Kier alpha value is -2.63. The molecule has 2 heterocycles. The van der Waals surface area contributed by atoms with Gasteiger partial charge in [0.05, 0.1) is 18.8 Å². The number of amides is 1. The van der Waals surface area contributed by atoms with E-state index in [0.717, 1.165) is 30.8 Å². The monoisotopic (exact) mass is 341 g/mol. The molecule has 6 heteroatoms. The van der Waals surface area contributed by atoms with Crippen LogP contribution < -0.4 is 9.47 Å². The fourth-order valence-electron chi connectivity index (χ4n) is 2.88. The maximum atomic E-state index is 12.7. The quantitative estimate of drug-likeness (QED) is 0.837. The molecular formula is C19H23N3O3. The summed E-state index contributed by atoms with van der Waals surface area (Å²) in [4.78, 5) is 14.6. The number of aromatic nitrogens is 2. The van der Waals surface area contributed by atoms with Crippen molar-refractivity contribution in [1.82, 2.24) is 15.1 Å². The Labute approximate surface area is 147 Å². The molecule has 0 aliphatic carbocycles. The van der Waals surface area contributed by atoms with Gasteiger partial charge in [-0.15, -0.1) is 5.10 Å². The molecule has 1 atom stereocenters. The Morgan fingerprint density at radius 3 is 2.68 bits per heavy atom. The maximum Gasteiger partial charge on any atom is 0.253 e. The van der Waals surface area contributed by atoms with Crippen molar-refractivity contribution in [3.05, 3.63) is 47.7 Å². The fourth-order valence-corrected chi connectivity index (χ4v) is 2.88. The second-order valence-electron chi connectivity index (χ2n) is 6.10. The lowest BCUT2D eigenvalue weighted by Gasteiger charge is -2.32. The number of benzene rings is 1. The normalized spacial score (nSPS) is 17.2. The Kier molecular flexibility index (Phi) is 5.48. The molecule has 0 saturated carbocycles. The van der Waals surface area contributed by atoms with Crippen molar-refractivity contribution >= 4 is 5.91 Å². The number of rotatable bonds is 5. The predicted octanol–water partition coefficient (Wildman–Crippen LogP) is 2.87. The summed E-state index contributed by atoms with van der Waals surface area (Å²) in [5.74, 6) is 1.30. The van der Waals surface area contributed by atoms with Crippen LogP contribution in [0, 0.1) is 6.92 Å². The number of hydrogen-bond donors (Lipinski definition) is 0. The molecule has 0 spiro atoms. The number of ether oxygens (including phenoxy) is 2. The number of carbonyl (C=O) groups excluding carboxylic acids is 1. The zero-order chi connectivity index (χ0) is 17.6. The highest BCUT2D eigenvalue weighted by Crippen LogP contribution is 2.19. The van der Waals surface area contributed by atoms with Gasteiger partial charge in [-0.25, -0.2) is 0 Å². The van der Waals surface area contributed by atoms with Gasteiger partial charge in [-0.05, 0) is 57.0 Å². The number of likely N-dealkylation sites (tertiary alicyclic amines) is 1. The topological polar surface area (TPSA) is 64.5 Å². The van der Waals surface area contributed by atoms with Crippen LogP contribution in [0.4, 0.5) is 0 Å². The summed E-state index contributed by atoms with van der Waals surface area (Å²) in [6.45, 7) is 5.73. The molecule has 1 aromatic carbocycles. The SMILES string of the molecule is CCOc1ccc(C(=O)N2CCCC(Oc3ccc(C)nn3)C2)cc1. The zero-order valence-corrected chi connectivity index (χ0v) is 14.6. The lowest BCUT2D eigenvalue weighted by atomic mass is 10.1. The van der Waals surface area contributed by atoms with Crippen molar-refractivity contribution in [2.24, 2.45) is 0 Å². The molecule has 1 aliphatic rings. The van der Waals surface area contributed by atoms with Gasteiger partial charge in [0.2, 0.25) is 5.88 Å². The van der Waals surface area contributed by atoms with E-state index in [1.807, 2.05) is 55.1 Å². The van der Waals surface area contributed by atoms with Crippen LogP contribution in [0.1, 0.15) is 35.8 Å². The van der Waals surface area contributed by atoms with Gasteiger partial charge in [-0.1, -0.05) is 0 Å². The molecule has 25 heavy (non-hydrogen) atoms. The zero-order valence-electron chi connectivity index (χ0n) is 14.6. The summed E-state index contributed by atoms with van der Waals surface area (Å²) in [6, 6.07) is 11.0. The average molecular weight is 341 g/mol. The number of nitrogens with zero attached hydrogens (tertiary/aromatic N) is 3. The first-order chi connectivity index (χ1) is 12.2. The standard InChI is InChI=1S/C19H23N3O3/c1-3-24-16-9-7-15(8-10-16)19(23)22-12-4-5-17(13-22)25-18-11-6-14(2)20-21-18/h6-11,17H,3-5,12-13H2,1-2H3. The lowest BCUT2D eigenvalue weighted by Crippen LogP contribution is -2.44. The van der Waals surface area contributed by atoms with Crippen molar-refractivity contribution in [2.75, 3.05) is 19.7 Å². The summed E-state index contributed by atoms with van der Waals surface area (Å²) in [6.07, 6.45) is 1.76. The summed E-state index contributed by atoms with van der Waals surface area (Å²) < 4.78 is 11.3. The molecule has 1 aromatic heterocycles. The van der Waals surface area contributed by atoms with Crippen molar-refractivity contribution in [3.8, 4) is 11.6 Å². The third-order valence-electron chi connectivity index (χ3n) is 4.14. The van der Waals surface area contributed by atoms with E-state index in [2.05, 4.69) is 10.2 Å². The van der Waals surface area contributed by atoms with E-state index in [0.29, 0.717) is 24.6 Å². The van der Waals surface area contributed by atoms with Crippen molar-refractivity contribution in [3.63, 3.8) is 0 Å². The largest absolute Gasteiger partial charge is 0.494 e. The number of piperidine rings is 1. The molecule has 1 unspecified atom stereocenters. The van der Waals surface area contributed by atoms with E-state index >= 15 is 0 Å². The van der Waals surface area contributed by atoms with Gasteiger partial charge in [0, 0.05) is 18.2 Å². The van der Waals surface area contributed by atoms with E-state index < -0.39 is 0 Å². The van der Waals surface area contributed by atoms with Gasteiger partial charge in [0.1, 0.15) is 11.9 Å². The summed E-state index contributed by atoms with van der Waals surface area (Å²) in [7, 11) is 0. The maximum absolute atomic E-state index is 12.7. The Morgan fingerprint density at radius 1 is 1.20 bits per heavy atom. The van der Waals surface area contributed by atoms with Crippen LogP contribution in [-0.2, 0) is 0 Å². The molecule has 1 amide bonds. The minimum atomic E-state index is -0.0580. The minimum absolute atomic E-state index is 0.0198. The third kappa shape index (κ3) is 4.47. The van der Waals surface area contributed by atoms with E-state index in [1.54, 1.807) is 0 Å². The van der Waals surface area contributed by atoms with Crippen molar-refractivity contribution < 1.29 is 14.3 Å². The first-order valence-electron chi connectivity index (χ1n) is 8.65. The highest BCUT2D eigenvalue weighted by molar-refractivity contribution is 5.94. The second kappa shape index (κ2) is 7.96. The molecule has 132 valence electrons. The first-order valence-corrected chi connectivity index (χ1v) is 8.65. The summed E-state index contributed by atoms with van der Waals surface area (Å²) in [5, 5.41) is 8.04. The van der Waals surface area contributed by atoms with Crippen LogP contribution in [0.25, 0.3) is 0 Å². The smallest absolute Gasteiger partial charge is 0.253 e.